The molecule has 0 bridgehead atoms. The number of hydrogen-bond donors (Lipinski definition) is 1. The average molecular weight is 251 g/mol. The minimum Gasteiger partial charge on any atom is -0.442 e. The molecule has 2 rings (SSSR count). The third-order valence-electron chi connectivity index (χ3n) is 2.06. The van der Waals surface area contributed by atoms with Gasteiger partial charge in [0.2, 0.25) is 0 Å². The fourth-order valence-corrected chi connectivity index (χ4v) is 1.61. The van der Waals surface area contributed by atoms with E-state index >= 15 is 0 Å². The van der Waals surface area contributed by atoms with Crippen molar-refractivity contribution < 1.29 is 9.53 Å². The molecule has 0 atom stereocenters. The Balaban J connectivity index is 2.47. The van der Waals surface area contributed by atoms with Gasteiger partial charge in [-0.15, -0.1) is 4.68 Å². The van der Waals surface area contributed by atoms with E-state index in [1.54, 1.807) is 39.2 Å². The molecule has 0 aliphatic heterocycles. The molecule has 90 valence electrons. The van der Waals surface area contributed by atoms with Crippen molar-refractivity contribution in [1.82, 2.24) is 14.8 Å². The van der Waals surface area contributed by atoms with Crippen molar-refractivity contribution in [3.05, 3.63) is 23.0 Å². The first-order valence-electron chi connectivity index (χ1n) is 5.17. The number of aromatic amines is 1. The van der Waals surface area contributed by atoms with E-state index in [1.165, 1.54) is 4.68 Å². The second-order valence-electron chi connectivity index (χ2n) is 4.64. The molecule has 5 nitrogen and oxygen atoms in total. The molecule has 0 saturated carbocycles. The number of H-pyrrole nitrogens is 1. The fourth-order valence-electron chi connectivity index (χ4n) is 1.40. The van der Waals surface area contributed by atoms with Crippen LogP contribution in [0.2, 0.25) is 0 Å². The Labute approximate surface area is 103 Å². The zero-order chi connectivity index (χ0) is 12.6. The molecule has 0 fully saturated rings. The van der Waals surface area contributed by atoms with E-state index in [9.17, 15) is 4.79 Å². The standard InChI is InChI=1S/C11H13N3O2S/c1-11(2,3)16-10(15)14-9-7(6-13-14)8(17)4-5-12-9/h4-6H,1-3H3,(H,12,17). The average Bonchev–Trinajstić information content (AvgIpc) is 2.60. The number of nitrogens with zero attached hydrogens (tertiary/aromatic N) is 2. The van der Waals surface area contributed by atoms with Crippen molar-refractivity contribution in [2.45, 2.75) is 26.4 Å². The zero-order valence-electron chi connectivity index (χ0n) is 9.85. The molecule has 2 aromatic heterocycles. The summed E-state index contributed by atoms with van der Waals surface area (Å²) in [6, 6.07) is 1.75. The van der Waals surface area contributed by atoms with E-state index in [0.29, 0.717) is 10.2 Å². The number of nitrogens with one attached hydrogen (secondary N) is 1. The number of hydrogen-bond acceptors (Lipinski definition) is 4. The molecule has 0 saturated heterocycles. The van der Waals surface area contributed by atoms with Crippen molar-refractivity contribution >= 4 is 29.3 Å². The first kappa shape index (κ1) is 11.8. The van der Waals surface area contributed by atoms with E-state index in [1.807, 2.05) is 0 Å². The molecular weight excluding hydrogens is 238 g/mol. The van der Waals surface area contributed by atoms with Gasteiger partial charge in [0.1, 0.15) is 11.2 Å². The molecule has 17 heavy (non-hydrogen) atoms. The lowest BCUT2D eigenvalue weighted by Gasteiger charge is -2.18. The summed E-state index contributed by atoms with van der Waals surface area (Å²) in [5, 5.41) is 4.71. The van der Waals surface area contributed by atoms with Gasteiger partial charge in [0.25, 0.3) is 0 Å². The van der Waals surface area contributed by atoms with Crippen molar-refractivity contribution in [3.8, 4) is 0 Å². The summed E-state index contributed by atoms with van der Waals surface area (Å²) in [4.78, 5) is 14.8. The van der Waals surface area contributed by atoms with Crippen LogP contribution >= 0.6 is 12.2 Å². The Morgan fingerprint density at radius 1 is 1.53 bits per heavy atom. The van der Waals surface area contributed by atoms with E-state index in [-0.39, 0.29) is 0 Å². The highest BCUT2D eigenvalue weighted by molar-refractivity contribution is 7.71. The highest BCUT2D eigenvalue weighted by Crippen LogP contribution is 2.14. The molecule has 0 aromatic carbocycles. The Morgan fingerprint density at radius 3 is 2.88 bits per heavy atom. The van der Waals surface area contributed by atoms with E-state index < -0.39 is 11.7 Å². The third-order valence-corrected chi connectivity index (χ3v) is 2.41. The van der Waals surface area contributed by atoms with Crippen LogP contribution in [0.1, 0.15) is 20.8 Å². The van der Waals surface area contributed by atoms with Crippen molar-refractivity contribution in [2.24, 2.45) is 0 Å². The Hall–Kier alpha value is -1.69. The number of fused-ring (bicyclic) bond motifs is 1. The summed E-state index contributed by atoms with van der Waals surface area (Å²) in [5.74, 6) is 0. The van der Waals surface area contributed by atoms with Gasteiger partial charge in [-0.1, -0.05) is 12.2 Å². The van der Waals surface area contributed by atoms with E-state index in [0.717, 1.165) is 5.39 Å². The molecular formula is C11H13N3O2S. The molecule has 0 aliphatic carbocycles. The smallest absolute Gasteiger partial charge is 0.437 e. The molecule has 0 radical (unpaired) electrons. The minimum absolute atomic E-state index is 0.524. The lowest BCUT2D eigenvalue weighted by Crippen LogP contribution is -2.27. The van der Waals surface area contributed by atoms with Crippen LogP contribution in [0.5, 0.6) is 0 Å². The molecule has 1 N–H and O–H groups in total. The zero-order valence-corrected chi connectivity index (χ0v) is 10.7. The van der Waals surface area contributed by atoms with Crippen LogP contribution in [0.3, 0.4) is 0 Å². The number of pyridine rings is 1. The van der Waals surface area contributed by atoms with Crippen LogP contribution in [0, 0.1) is 4.51 Å². The number of rotatable bonds is 0. The van der Waals surface area contributed by atoms with Gasteiger partial charge in [-0.2, -0.15) is 5.10 Å². The van der Waals surface area contributed by atoms with Crippen molar-refractivity contribution in [3.63, 3.8) is 0 Å². The summed E-state index contributed by atoms with van der Waals surface area (Å²) in [6.45, 7) is 5.41. The second-order valence-corrected chi connectivity index (χ2v) is 5.08. The van der Waals surface area contributed by atoms with Crippen molar-refractivity contribution in [2.75, 3.05) is 0 Å². The molecule has 0 unspecified atom stereocenters. The van der Waals surface area contributed by atoms with Gasteiger partial charge in [0, 0.05) is 6.20 Å². The predicted molar refractivity (Wildman–Crippen MR) is 66.5 cm³/mol. The maximum absolute atomic E-state index is 11.9. The lowest BCUT2D eigenvalue weighted by molar-refractivity contribution is 0.0522. The largest absolute Gasteiger partial charge is 0.442 e. The molecule has 0 amide bonds. The van der Waals surface area contributed by atoms with Crippen LogP contribution in [-0.2, 0) is 4.74 Å². The quantitative estimate of drug-likeness (QED) is 0.731. The summed E-state index contributed by atoms with van der Waals surface area (Å²) >= 11 is 5.14. The van der Waals surface area contributed by atoms with Gasteiger partial charge in [-0.05, 0) is 26.8 Å². The SMILES string of the molecule is CC(C)(C)OC(=O)n1ncc2c(=S)cc[nH]c21. The molecule has 0 aliphatic rings. The first-order valence-corrected chi connectivity index (χ1v) is 5.58. The van der Waals surface area contributed by atoms with Gasteiger partial charge < -0.3 is 9.72 Å². The van der Waals surface area contributed by atoms with Gasteiger partial charge in [0.05, 0.1) is 16.1 Å². The van der Waals surface area contributed by atoms with Gasteiger partial charge >= 0.3 is 6.09 Å². The summed E-state index contributed by atoms with van der Waals surface area (Å²) in [6.07, 6.45) is 2.70. The molecule has 6 heteroatoms. The maximum Gasteiger partial charge on any atom is 0.437 e. The van der Waals surface area contributed by atoms with Crippen LogP contribution in [-0.4, -0.2) is 26.5 Å². The fraction of sp³-hybridized carbons (Fsp3) is 0.364. The first-order chi connectivity index (χ1) is 7.88. The van der Waals surface area contributed by atoms with E-state index in [2.05, 4.69) is 10.1 Å². The highest BCUT2D eigenvalue weighted by Gasteiger charge is 2.20. The molecule has 2 heterocycles. The monoisotopic (exact) mass is 251 g/mol. The van der Waals surface area contributed by atoms with Gasteiger partial charge in [-0.3, -0.25) is 0 Å². The number of carbonyl (C=O) groups is 1. The third kappa shape index (κ3) is 2.36. The van der Waals surface area contributed by atoms with Gasteiger partial charge in [-0.25, -0.2) is 4.79 Å². The summed E-state index contributed by atoms with van der Waals surface area (Å²) in [7, 11) is 0. The molecule has 0 spiro atoms. The predicted octanol–water partition coefficient (Wildman–Crippen LogP) is 2.88. The Kier molecular flexibility index (Phi) is 2.74. The second kappa shape index (κ2) is 3.96. The number of carbonyl (C=O) groups excluding carboxylic acids is 1. The Bertz CT molecular complexity index is 621. The van der Waals surface area contributed by atoms with E-state index in [4.69, 9.17) is 17.0 Å². The Morgan fingerprint density at radius 2 is 2.24 bits per heavy atom. The molecule has 2 aromatic rings. The summed E-state index contributed by atoms with van der Waals surface area (Å²) < 4.78 is 7.06. The number of aromatic nitrogens is 3. The van der Waals surface area contributed by atoms with Crippen LogP contribution in [0.15, 0.2) is 18.5 Å². The van der Waals surface area contributed by atoms with Crippen LogP contribution < -0.4 is 0 Å². The maximum atomic E-state index is 11.9. The highest BCUT2D eigenvalue weighted by atomic mass is 32.1. The van der Waals surface area contributed by atoms with Crippen LogP contribution in [0.25, 0.3) is 11.0 Å². The van der Waals surface area contributed by atoms with Gasteiger partial charge in [0.15, 0.2) is 0 Å². The van der Waals surface area contributed by atoms with Crippen molar-refractivity contribution in [1.29, 1.82) is 0 Å². The minimum atomic E-state index is -0.555. The normalized spacial score (nSPS) is 11.7. The lowest BCUT2D eigenvalue weighted by atomic mass is 10.2. The number of ether oxygens (including phenoxy) is 1. The summed E-state index contributed by atoms with van der Waals surface area (Å²) in [5.41, 5.74) is -0.00671. The van der Waals surface area contributed by atoms with Crippen LogP contribution in [0.4, 0.5) is 4.79 Å². The topological polar surface area (TPSA) is 59.9 Å².